The molecule has 3 atom stereocenters. The summed E-state index contributed by atoms with van der Waals surface area (Å²) in [5.74, 6) is 0.270. The van der Waals surface area contributed by atoms with Crippen molar-refractivity contribution in [3.05, 3.63) is 34.4 Å². The van der Waals surface area contributed by atoms with Crippen molar-refractivity contribution in [1.82, 2.24) is 0 Å². The Morgan fingerprint density at radius 1 is 1.45 bits per heavy atom. The number of nitrogens with one attached hydrogen (secondary N) is 1. The van der Waals surface area contributed by atoms with Crippen LogP contribution in [0.1, 0.15) is 13.3 Å². The smallest absolute Gasteiger partial charge is 0.269 e. The Labute approximate surface area is 116 Å². The van der Waals surface area contributed by atoms with Gasteiger partial charge in [-0.2, -0.15) is 0 Å². The third kappa shape index (κ3) is 2.06. The van der Waals surface area contributed by atoms with E-state index in [0.717, 1.165) is 6.42 Å². The minimum atomic E-state index is -0.459. The van der Waals surface area contributed by atoms with Gasteiger partial charge in [-0.1, -0.05) is 6.92 Å². The molecule has 106 valence electrons. The Bertz CT molecular complexity index is 557. The number of ether oxygens (including phenoxy) is 1. The largest absolute Gasteiger partial charge is 0.381 e. The molecular formula is C14H16N2O4. The highest BCUT2D eigenvalue weighted by atomic mass is 16.6. The second-order valence-electron chi connectivity index (χ2n) is 5.71. The van der Waals surface area contributed by atoms with Crippen LogP contribution in [0, 0.1) is 27.4 Å². The number of anilines is 1. The molecule has 3 rings (SSSR count). The number of nitro benzene ring substituents is 1. The molecule has 1 saturated carbocycles. The van der Waals surface area contributed by atoms with Gasteiger partial charge in [0, 0.05) is 36.3 Å². The summed E-state index contributed by atoms with van der Waals surface area (Å²) in [6, 6.07) is 5.89. The number of carbonyl (C=O) groups excluding carboxylic acids is 1. The number of nitrogens with zero attached hydrogens (tertiary/aromatic N) is 1. The van der Waals surface area contributed by atoms with Gasteiger partial charge in [0.2, 0.25) is 5.91 Å². The molecule has 1 aliphatic heterocycles. The van der Waals surface area contributed by atoms with Crippen LogP contribution < -0.4 is 5.32 Å². The first-order chi connectivity index (χ1) is 9.52. The van der Waals surface area contributed by atoms with E-state index in [4.69, 9.17) is 4.74 Å². The minimum Gasteiger partial charge on any atom is -0.381 e. The third-order valence-corrected chi connectivity index (χ3v) is 4.56. The van der Waals surface area contributed by atoms with Gasteiger partial charge in [0.25, 0.3) is 5.69 Å². The van der Waals surface area contributed by atoms with Gasteiger partial charge in [0.15, 0.2) is 0 Å². The molecule has 6 nitrogen and oxygen atoms in total. The Kier molecular flexibility index (Phi) is 2.97. The zero-order valence-corrected chi connectivity index (χ0v) is 11.2. The second-order valence-corrected chi connectivity index (χ2v) is 5.71. The Morgan fingerprint density at radius 2 is 2.15 bits per heavy atom. The number of fused-ring (bicyclic) bond motifs is 1. The Balaban J connectivity index is 1.66. The van der Waals surface area contributed by atoms with Crippen molar-refractivity contribution < 1.29 is 14.5 Å². The van der Waals surface area contributed by atoms with E-state index in [9.17, 15) is 14.9 Å². The van der Waals surface area contributed by atoms with Gasteiger partial charge in [-0.15, -0.1) is 0 Å². The number of hydrogen-bond acceptors (Lipinski definition) is 4. The lowest BCUT2D eigenvalue weighted by Crippen LogP contribution is -2.18. The van der Waals surface area contributed by atoms with Gasteiger partial charge in [-0.05, 0) is 24.0 Å². The molecule has 0 spiro atoms. The van der Waals surface area contributed by atoms with Gasteiger partial charge in [0.1, 0.15) is 0 Å². The van der Waals surface area contributed by atoms with Crippen molar-refractivity contribution in [3.63, 3.8) is 0 Å². The minimum absolute atomic E-state index is 0.0137. The van der Waals surface area contributed by atoms with Gasteiger partial charge in [0.05, 0.1) is 11.5 Å². The molecule has 1 amide bonds. The summed E-state index contributed by atoms with van der Waals surface area (Å²) in [6.07, 6.45) is 0.913. The maximum atomic E-state index is 12.3. The van der Waals surface area contributed by atoms with Crippen molar-refractivity contribution in [3.8, 4) is 0 Å². The average Bonchev–Trinajstić information content (AvgIpc) is 3.05. The zero-order valence-electron chi connectivity index (χ0n) is 11.2. The normalized spacial score (nSPS) is 31.2. The van der Waals surface area contributed by atoms with Crippen LogP contribution in [0.15, 0.2) is 24.3 Å². The van der Waals surface area contributed by atoms with Crippen LogP contribution in [0.4, 0.5) is 11.4 Å². The number of nitro groups is 1. The van der Waals surface area contributed by atoms with Crippen LogP contribution in [0.5, 0.6) is 0 Å². The molecule has 6 heteroatoms. The molecule has 1 aromatic carbocycles. The van der Waals surface area contributed by atoms with Crippen molar-refractivity contribution in [1.29, 1.82) is 0 Å². The predicted molar refractivity (Wildman–Crippen MR) is 72.2 cm³/mol. The molecule has 1 aliphatic carbocycles. The summed E-state index contributed by atoms with van der Waals surface area (Å²) in [4.78, 5) is 22.4. The molecule has 2 aliphatic rings. The fourth-order valence-electron chi connectivity index (χ4n) is 3.16. The van der Waals surface area contributed by atoms with E-state index < -0.39 is 4.92 Å². The first-order valence-corrected chi connectivity index (χ1v) is 6.65. The van der Waals surface area contributed by atoms with Gasteiger partial charge >= 0.3 is 0 Å². The van der Waals surface area contributed by atoms with Crippen molar-refractivity contribution in [2.75, 3.05) is 18.5 Å². The summed E-state index contributed by atoms with van der Waals surface area (Å²) >= 11 is 0. The Hall–Kier alpha value is -1.95. The Morgan fingerprint density at radius 3 is 2.70 bits per heavy atom. The number of non-ortho nitro benzene ring substituents is 1. The van der Waals surface area contributed by atoms with Crippen molar-refractivity contribution in [2.24, 2.45) is 17.3 Å². The van der Waals surface area contributed by atoms with Crippen molar-refractivity contribution >= 4 is 17.3 Å². The highest BCUT2D eigenvalue weighted by Crippen LogP contribution is 2.62. The van der Waals surface area contributed by atoms with Crippen molar-refractivity contribution in [2.45, 2.75) is 13.3 Å². The molecule has 0 unspecified atom stereocenters. The number of rotatable bonds is 3. The van der Waals surface area contributed by atoms with E-state index in [1.807, 2.05) is 0 Å². The van der Waals surface area contributed by atoms with E-state index in [0.29, 0.717) is 24.8 Å². The van der Waals surface area contributed by atoms with Crippen LogP contribution in [0.3, 0.4) is 0 Å². The standard InChI is InChI=1S/C14H16N2O4/c1-14-6-7-20-8-11(14)12(14)13(17)15-9-2-4-10(5-3-9)16(18)19/h2-5,11-12H,6-8H2,1H3,(H,15,17)/t11-,12-,14+/m1/s1. The quantitative estimate of drug-likeness (QED) is 0.677. The predicted octanol–water partition coefficient (Wildman–Crippen LogP) is 2.21. The van der Waals surface area contributed by atoms with Crippen LogP contribution >= 0.6 is 0 Å². The monoisotopic (exact) mass is 276 g/mol. The molecule has 1 saturated heterocycles. The van der Waals surface area contributed by atoms with E-state index in [1.54, 1.807) is 12.1 Å². The summed E-state index contributed by atoms with van der Waals surface area (Å²) < 4.78 is 5.41. The van der Waals surface area contributed by atoms with Crippen LogP contribution in [-0.4, -0.2) is 24.0 Å². The first kappa shape index (κ1) is 13.1. The fourth-order valence-corrected chi connectivity index (χ4v) is 3.16. The lowest BCUT2D eigenvalue weighted by molar-refractivity contribution is -0.384. The highest BCUT2D eigenvalue weighted by Gasteiger charge is 2.65. The molecule has 2 fully saturated rings. The maximum absolute atomic E-state index is 12.3. The number of carbonyl (C=O) groups is 1. The van der Waals surface area contributed by atoms with Gasteiger partial charge < -0.3 is 10.1 Å². The summed E-state index contributed by atoms with van der Waals surface area (Å²) in [5.41, 5.74) is 0.667. The lowest BCUT2D eigenvalue weighted by Gasteiger charge is -2.16. The molecule has 1 heterocycles. The zero-order chi connectivity index (χ0) is 14.3. The fraction of sp³-hybridized carbons (Fsp3) is 0.500. The van der Waals surface area contributed by atoms with Gasteiger partial charge in [-0.25, -0.2) is 0 Å². The molecule has 0 radical (unpaired) electrons. The van der Waals surface area contributed by atoms with Crippen LogP contribution in [0.25, 0.3) is 0 Å². The summed E-state index contributed by atoms with van der Waals surface area (Å²) in [7, 11) is 0. The number of benzene rings is 1. The topological polar surface area (TPSA) is 81.5 Å². The number of hydrogen-bond donors (Lipinski definition) is 1. The lowest BCUT2D eigenvalue weighted by atomic mass is 9.99. The number of amides is 1. The molecule has 20 heavy (non-hydrogen) atoms. The van der Waals surface area contributed by atoms with E-state index in [-0.39, 0.29) is 22.9 Å². The first-order valence-electron chi connectivity index (χ1n) is 6.65. The maximum Gasteiger partial charge on any atom is 0.269 e. The molecule has 0 aromatic heterocycles. The molecule has 0 bridgehead atoms. The highest BCUT2D eigenvalue weighted by molar-refractivity contribution is 5.95. The molecule has 1 aromatic rings. The van der Waals surface area contributed by atoms with Crippen LogP contribution in [0.2, 0.25) is 0 Å². The van der Waals surface area contributed by atoms with E-state index in [2.05, 4.69) is 12.2 Å². The summed E-state index contributed by atoms with van der Waals surface area (Å²) in [5, 5.41) is 13.4. The molecular weight excluding hydrogens is 260 g/mol. The van der Waals surface area contributed by atoms with Gasteiger partial charge in [-0.3, -0.25) is 14.9 Å². The van der Waals surface area contributed by atoms with E-state index >= 15 is 0 Å². The van der Waals surface area contributed by atoms with Crippen LogP contribution in [-0.2, 0) is 9.53 Å². The SMILES string of the molecule is C[C@]12CCOC[C@@H]1[C@@H]2C(=O)Nc1ccc([N+](=O)[O-])cc1. The second kappa shape index (κ2) is 4.56. The third-order valence-electron chi connectivity index (χ3n) is 4.56. The average molecular weight is 276 g/mol. The summed E-state index contributed by atoms with van der Waals surface area (Å²) in [6.45, 7) is 3.49. The molecule has 1 N–H and O–H groups in total. The van der Waals surface area contributed by atoms with E-state index in [1.165, 1.54) is 12.1 Å².